The van der Waals surface area contributed by atoms with Crippen LogP contribution in [0.5, 0.6) is 11.5 Å². The summed E-state index contributed by atoms with van der Waals surface area (Å²) in [6.07, 6.45) is 0. The standard InChI is InChI=1S/C21H22N4O3/c1-4-25(12-15-7-5-6-14(8-15)11-22)13-20-23-17-10-19(28-3)18(27-2)9-16(17)21(26)24-20/h5-10H,4,12-13H2,1-3H3,(H,23,24,26)/p+1. The predicted molar refractivity (Wildman–Crippen MR) is 106 cm³/mol. The van der Waals surface area contributed by atoms with Crippen LogP contribution in [0.2, 0.25) is 0 Å². The Kier molecular flexibility index (Phi) is 5.92. The number of hydrogen-bond donors (Lipinski definition) is 2. The minimum absolute atomic E-state index is 0.206. The molecule has 28 heavy (non-hydrogen) atoms. The minimum Gasteiger partial charge on any atom is -0.493 e. The van der Waals surface area contributed by atoms with Crippen molar-refractivity contribution in [3.8, 4) is 17.6 Å². The zero-order valence-corrected chi connectivity index (χ0v) is 16.2. The molecule has 0 aliphatic rings. The van der Waals surface area contributed by atoms with E-state index in [0.717, 1.165) is 18.7 Å². The number of aromatic nitrogens is 2. The van der Waals surface area contributed by atoms with Crippen LogP contribution < -0.4 is 19.9 Å². The van der Waals surface area contributed by atoms with Crippen molar-refractivity contribution in [3.05, 3.63) is 63.7 Å². The molecule has 0 saturated carbocycles. The second kappa shape index (κ2) is 8.55. The number of ether oxygens (including phenoxy) is 2. The van der Waals surface area contributed by atoms with Crippen LogP contribution in [0.25, 0.3) is 10.9 Å². The van der Waals surface area contributed by atoms with Crippen LogP contribution in [0.15, 0.2) is 41.2 Å². The molecule has 3 aromatic rings. The van der Waals surface area contributed by atoms with Gasteiger partial charge in [-0.2, -0.15) is 5.26 Å². The molecule has 7 heteroatoms. The second-order valence-corrected chi connectivity index (χ2v) is 6.51. The number of benzene rings is 2. The van der Waals surface area contributed by atoms with E-state index in [9.17, 15) is 4.79 Å². The first-order chi connectivity index (χ1) is 13.6. The van der Waals surface area contributed by atoms with Crippen LogP contribution in [0, 0.1) is 11.3 Å². The van der Waals surface area contributed by atoms with Gasteiger partial charge < -0.3 is 19.4 Å². The van der Waals surface area contributed by atoms with Crippen LogP contribution in [-0.4, -0.2) is 30.7 Å². The fourth-order valence-electron chi connectivity index (χ4n) is 3.19. The Morgan fingerprint density at radius 2 is 1.89 bits per heavy atom. The molecule has 0 saturated heterocycles. The number of rotatable bonds is 7. The molecule has 0 radical (unpaired) electrons. The Labute approximate surface area is 163 Å². The molecule has 1 unspecified atom stereocenters. The summed E-state index contributed by atoms with van der Waals surface area (Å²) in [6, 6.07) is 13.1. The molecule has 3 rings (SSSR count). The third-order valence-electron chi connectivity index (χ3n) is 4.69. The quantitative estimate of drug-likeness (QED) is 0.648. The molecule has 0 amide bonds. The van der Waals surface area contributed by atoms with Crippen molar-refractivity contribution >= 4 is 10.9 Å². The van der Waals surface area contributed by atoms with Gasteiger partial charge in [-0.05, 0) is 25.1 Å². The highest BCUT2D eigenvalue weighted by molar-refractivity contribution is 5.81. The van der Waals surface area contributed by atoms with E-state index in [1.165, 1.54) is 12.0 Å². The molecule has 7 nitrogen and oxygen atoms in total. The Morgan fingerprint density at radius 3 is 2.57 bits per heavy atom. The topological polar surface area (TPSA) is 92.4 Å². The molecule has 1 atom stereocenters. The molecule has 1 heterocycles. The van der Waals surface area contributed by atoms with E-state index < -0.39 is 0 Å². The monoisotopic (exact) mass is 379 g/mol. The average Bonchev–Trinajstić information content (AvgIpc) is 2.72. The molecule has 0 aliphatic carbocycles. The molecule has 2 N–H and O–H groups in total. The SMILES string of the molecule is CC[NH+](Cc1cccc(C#N)c1)Cc1nc2cc(OC)c(OC)cc2c(=O)[nH]1. The van der Waals surface area contributed by atoms with Crippen LogP contribution in [0.4, 0.5) is 0 Å². The maximum atomic E-state index is 12.5. The Bertz CT molecular complexity index is 1090. The normalized spacial score (nSPS) is 11.8. The summed E-state index contributed by atoms with van der Waals surface area (Å²) in [5.74, 6) is 1.64. The number of nitriles is 1. The number of hydrogen-bond acceptors (Lipinski definition) is 5. The summed E-state index contributed by atoms with van der Waals surface area (Å²) in [6.45, 7) is 4.23. The molecule has 0 fully saturated rings. The number of aromatic amines is 1. The van der Waals surface area contributed by atoms with E-state index in [1.54, 1.807) is 25.3 Å². The number of H-pyrrole nitrogens is 1. The van der Waals surface area contributed by atoms with Crippen molar-refractivity contribution < 1.29 is 14.4 Å². The average molecular weight is 379 g/mol. The van der Waals surface area contributed by atoms with Gasteiger partial charge in [0, 0.05) is 11.6 Å². The molecule has 0 bridgehead atoms. The van der Waals surface area contributed by atoms with Gasteiger partial charge in [0.1, 0.15) is 13.1 Å². The first-order valence-corrected chi connectivity index (χ1v) is 9.05. The van der Waals surface area contributed by atoms with Crippen molar-refractivity contribution in [2.24, 2.45) is 0 Å². The summed E-state index contributed by atoms with van der Waals surface area (Å²) in [5, 5.41) is 9.53. The second-order valence-electron chi connectivity index (χ2n) is 6.51. The molecule has 1 aromatic heterocycles. The summed E-state index contributed by atoms with van der Waals surface area (Å²) in [5.41, 5.74) is 2.08. The zero-order valence-electron chi connectivity index (χ0n) is 16.2. The molecular weight excluding hydrogens is 356 g/mol. The van der Waals surface area contributed by atoms with Crippen molar-refractivity contribution in [1.82, 2.24) is 9.97 Å². The maximum absolute atomic E-state index is 12.5. The third kappa shape index (κ3) is 4.13. The number of nitrogens with zero attached hydrogens (tertiary/aromatic N) is 2. The Balaban J connectivity index is 1.89. The van der Waals surface area contributed by atoms with Gasteiger partial charge in [-0.15, -0.1) is 0 Å². The lowest BCUT2D eigenvalue weighted by atomic mass is 10.1. The lowest BCUT2D eigenvalue weighted by molar-refractivity contribution is -0.926. The highest BCUT2D eigenvalue weighted by atomic mass is 16.5. The summed E-state index contributed by atoms with van der Waals surface area (Å²) >= 11 is 0. The molecule has 0 aliphatic heterocycles. The minimum atomic E-state index is -0.206. The van der Waals surface area contributed by atoms with E-state index in [0.29, 0.717) is 40.3 Å². The smallest absolute Gasteiger partial charge is 0.259 e. The van der Waals surface area contributed by atoms with Crippen LogP contribution in [-0.2, 0) is 13.1 Å². The lowest BCUT2D eigenvalue weighted by Gasteiger charge is -2.17. The van der Waals surface area contributed by atoms with E-state index >= 15 is 0 Å². The third-order valence-corrected chi connectivity index (χ3v) is 4.69. The van der Waals surface area contributed by atoms with E-state index in [-0.39, 0.29) is 5.56 Å². The van der Waals surface area contributed by atoms with E-state index in [1.807, 2.05) is 18.2 Å². The number of methoxy groups -OCH3 is 2. The summed E-state index contributed by atoms with van der Waals surface area (Å²) in [4.78, 5) is 21.3. The number of fused-ring (bicyclic) bond motifs is 1. The van der Waals surface area contributed by atoms with Crippen LogP contribution in [0.3, 0.4) is 0 Å². The van der Waals surface area contributed by atoms with E-state index in [4.69, 9.17) is 14.7 Å². The van der Waals surface area contributed by atoms with Crippen LogP contribution >= 0.6 is 0 Å². The fraction of sp³-hybridized carbons (Fsp3) is 0.286. The molecule has 2 aromatic carbocycles. The van der Waals surface area contributed by atoms with Crippen molar-refractivity contribution in [3.63, 3.8) is 0 Å². The molecule has 144 valence electrons. The fourth-order valence-corrected chi connectivity index (χ4v) is 3.19. The highest BCUT2D eigenvalue weighted by Crippen LogP contribution is 2.29. The van der Waals surface area contributed by atoms with Gasteiger partial charge in [0.25, 0.3) is 5.56 Å². The van der Waals surface area contributed by atoms with E-state index in [2.05, 4.69) is 23.0 Å². The van der Waals surface area contributed by atoms with Gasteiger partial charge >= 0.3 is 0 Å². The lowest BCUT2D eigenvalue weighted by Crippen LogP contribution is -3.09. The molecule has 0 spiro atoms. The van der Waals surface area contributed by atoms with Gasteiger partial charge in [0.15, 0.2) is 17.3 Å². The predicted octanol–water partition coefficient (Wildman–Crippen LogP) is 1.42. The highest BCUT2D eigenvalue weighted by Gasteiger charge is 2.15. The first-order valence-electron chi connectivity index (χ1n) is 9.05. The van der Waals surface area contributed by atoms with Gasteiger partial charge in [-0.1, -0.05) is 12.1 Å². The molecular formula is C21H23N4O3+. The Morgan fingerprint density at radius 1 is 1.14 bits per heavy atom. The number of nitrogens with one attached hydrogen (secondary N) is 2. The maximum Gasteiger partial charge on any atom is 0.259 e. The zero-order chi connectivity index (χ0) is 20.1. The Hall–Kier alpha value is -3.37. The van der Waals surface area contributed by atoms with Gasteiger partial charge in [0.05, 0.1) is 43.3 Å². The van der Waals surface area contributed by atoms with Crippen molar-refractivity contribution in [2.45, 2.75) is 20.0 Å². The summed E-state index contributed by atoms with van der Waals surface area (Å²) < 4.78 is 10.6. The van der Waals surface area contributed by atoms with Gasteiger partial charge in [0.2, 0.25) is 0 Å². The van der Waals surface area contributed by atoms with Crippen LogP contribution in [0.1, 0.15) is 23.9 Å². The number of quaternary nitrogens is 1. The largest absolute Gasteiger partial charge is 0.493 e. The first kappa shape index (κ1) is 19.4. The van der Waals surface area contributed by atoms with Crippen molar-refractivity contribution in [2.75, 3.05) is 20.8 Å². The summed E-state index contributed by atoms with van der Waals surface area (Å²) in [7, 11) is 3.08. The van der Waals surface area contributed by atoms with Crippen molar-refractivity contribution in [1.29, 1.82) is 5.26 Å². The van der Waals surface area contributed by atoms with Gasteiger partial charge in [-0.3, -0.25) is 4.79 Å². The van der Waals surface area contributed by atoms with Gasteiger partial charge in [-0.25, -0.2) is 4.98 Å².